The topological polar surface area (TPSA) is 80.3 Å². The normalized spacial score (nSPS) is 10.9. The summed E-state index contributed by atoms with van der Waals surface area (Å²) in [5.74, 6) is 0.0929. The molecule has 6 heteroatoms. The van der Waals surface area contributed by atoms with Crippen molar-refractivity contribution in [3.8, 4) is 5.75 Å². The van der Waals surface area contributed by atoms with Gasteiger partial charge in [0, 0.05) is 17.3 Å². The molecule has 3 aromatic rings. The number of nitrogens with one attached hydrogen (secondary N) is 2. The van der Waals surface area contributed by atoms with Gasteiger partial charge in [-0.05, 0) is 43.3 Å². The van der Waals surface area contributed by atoms with Gasteiger partial charge in [-0.15, -0.1) is 0 Å². The number of pyridine rings is 1. The summed E-state index contributed by atoms with van der Waals surface area (Å²) >= 11 is 0. The van der Waals surface area contributed by atoms with E-state index >= 15 is 0 Å². The molecular formula is C23H21N3O3. The number of anilines is 1. The number of aryl methyl sites for hydroxylation is 1. The molecule has 1 aromatic heterocycles. The van der Waals surface area contributed by atoms with E-state index in [9.17, 15) is 9.59 Å². The van der Waals surface area contributed by atoms with Crippen LogP contribution >= 0.6 is 0 Å². The zero-order valence-electron chi connectivity index (χ0n) is 16.2. The molecule has 1 heterocycles. The second-order valence-corrected chi connectivity index (χ2v) is 6.29. The van der Waals surface area contributed by atoms with Crippen molar-refractivity contribution in [3.05, 3.63) is 95.3 Å². The van der Waals surface area contributed by atoms with Gasteiger partial charge in [-0.1, -0.05) is 42.0 Å². The van der Waals surface area contributed by atoms with Crippen LogP contribution in [0.15, 0.2) is 78.6 Å². The third kappa shape index (κ3) is 5.29. The van der Waals surface area contributed by atoms with Crippen LogP contribution in [0, 0.1) is 6.92 Å². The second-order valence-electron chi connectivity index (χ2n) is 6.29. The number of carbonyl (C=O) groups is 2. The van der Waals surface area contributed by atoms with E-state index in [2.05, 4.69) is 15.6 Å². The van der Waals surface area contributed by atoms with Crippen LogP contribution in [0.1, 0.15) is 21.5 Å². The van der Waals surface area contributed by atoms with Crippen LogP contribution in [0.3, 0.4) is 0 Å². The highest BCUT2D eigenvalue weighted by molar-refractivity contribution is 6.10. The number of hydrogen-bond acceptors (Lipinski definition) is 4. The van der Waals surface area contributed by atoms with Gasteiger partial charge in [0.25, 0.3) is 11.8 Å². The monoisotopic (exact) mass is 387 g/mol. The number of carbonyl (C=O) groups excluding carboxylic acids is 2. The van der Waals surface area contributed by atoms with Crippen molar-refractivity contribution in [2.75, 3.05) is 12.4 Å². The highest BCUT2D eigenvalue weighted by atomic mass is 16.5. The van der Waals surface area contributed by atoms with Gasteiger partial charge in [0.15, 0.2) is 0 Å². The Morgan fingerprint density at radius 1 is 1.00 bits per heavy atom. The first-order chi connectivity index (χ1) is 14.1. The third-order valence-electron chi connectivity index (χ3n) is 4.12. The Morgan fingerprint density at radius 2 is 1.79 bits per heavy atom. The fraction of sp³-hybridized carbons (Fsp3) is 0.0870. The molecule has 2 N–H and O–H groups in total. The number of methoxy groups -OCH3 is 1. The smallest absolute Gasteiger partial charge is 0.273 e. The Kier molecular flexibility index (Phi) is 6.37. The molecule has 29 heavy (non-hydrogen) atoms. The van der Waals surface area contributed by atoms with Gasteiger partial charge in [0.05, 0.1) is 7.11 Å². The van der Waals surface area contributed by atoms with Crippen LogP contribution in [0.4, 0.5) is 5.82 Å². The van der Waals surface area contributed by atoms with Crippen LogP contribution in [-0.4, -0.2) is 23.9 Å². The highest BCUT2D eigenvalue weighted by Crippen LogP contribution is 2.20. The van der Waals surface area contributed by atoms with Crippen LogP contribution in [0.25, 0.3) is 6.08 Å². The van der Waals surface area contributed by atoms with Gasteiger partial charge in [-0.2, -0.15) is 0 Å². The second kappa shape index (κ2) is 9.32. The SMILES string of the molecule is COc1ccccc1/C=C(\NC(=O)c1cccc(C)c1)C(=O)Nc1ccccn1. The molecule has 0 aliphatic carbocycles. The molecular weight excluding hydrogens is 366 g/mol. The van der Waals surface area contributed by atoms with Gasteiger partial charge in [-0.3, -0.25) is 9.59 Å². The van der Waals surface area contributed by atoms with Gasteiger partial charge in [0.2, 0.25) is 0 Å². The average Bonchev–Trinajstić information content (AvgIpc) is 2.74. The number of aromatic nitrogens is 1. The van der Waals surface area contributed by atoms with Gasteiger partial charge >= 0.3 is 0 Å². The minimum Gasteiger partial charge on any atom is -0.496 e. The summed E-state index contributed by atoms with van der Waals surface area (Å²) in [6, 6.07) is 19.6. The lowest BCUT2D eigenvalue weighted by atomic mass is 10.1. The zero-order chi connectivity index (χ0) is 20.6. The Morgan fingerprint density at radius 3 is 2.52 bits per heavy atom. The van der Waals surface area contributed by atoms with Crippen LogP contribution in [0.2, 0.25) is 0 Å². The van der Waals surface area contributed by atoms with E-state index in [0.29, 0.717) is 22.7 Å². The molecule has 6 nitrogen and oxygen atoms in total. The molecule has 0 aliphatic heterocycles. The average molecular weight is 387 g/mol. The summed E-state index contributed by atoms with van der Waals surface area (Å²) in [6.07, 6.45) is 3.15. The van der Waals surface area contributed by atoms with Crippen molar-refractivity contribution in [1.82, 2.24) is 10.3 Å². The lowest BCUT2D eigenvalue weighted by Crippen LogP contribution is -2.31. The minimum atomic E-state index is -0.490. The summed E-state index contributed by atoms with van der Waals surface area (Å²) in [4.78, 5) is 29.7. The fourth-order valence-corrected chi connectivity index (χ4v) is 2.70. The van der Waals surface area contributed by atoms with E-state index in [-0.39, 0.29) is 11.6 Å². The summed E-state index contributed by atoms with van der Waals surface area (Å²) in [5.41, 5.74) is 2.14. The fourth-order valence-electron chi connectivity index (χ4n) is 2.70. The predicted octanol–water partition coefficient (Wildman–Crippen LogP) is 3.81. The molecule has 0 atom stereocenters. The van der Waals surface area contributed by atoms with E-state index in [4.69, 9.17) is 4.74 Å². The van der Waals surface area contributed by atoms with Crippen molar-refractivity contribution in [1.29, 1.82) is 0 Å². The Balaban J connectivity index is 1.93. The molecule has 0 fully saturated rings. The maximum Gasteiger partial charge on any atom is 0.273 e. The Bertz CT molecular complexity index is 1050. The van der Waals surface area contributed by atoms with Crippen molar-refractivity contribution in [2.45, 2.75) is 6.92 Å². The number of benzene rings is 2. The molecule has 0 aliphatic rings. The van der Waals surface area contributed by atoms with Crippen molar-refractivity contribution in [3.63, 3.8) is 0 Å². The van der Waals surface area contributed by atoms with Gasteiger partial charge in [-0.25, -0.2) is 4.98 Å². The molecule has 2 amide bonds. The predicted molar refractivity (Wildman–Crippen MR) is 112 cm³/mol. The van der Waals surface area contributed by atoms with E-state index in [1.54, 1.807) is 67.9 Å². The molecule has 2 aromatic carbocycles. The number of nitrogens with zero attached hydrogens (tertiary/aromatic N) is 1. The van der Waals surface area contributed by atoms with Crippen LogP contribution in [0.5, 0.6) is 5.75 Å². The Labute approximate surface area is 169 Å². The molecule has 0 radical (unpaired) electrons. The van der Waals surface area contributed by atoms with Crippen molar-refractivity contribution >= 4 is 23.7 Å². The van der Waals surface area contributed by atoms with E-state index in [0.717, 1.165) is 5.56 Å². The standard InChI is InChI=1S/C23H21N3O3/c1-16-8-7-10-18(14-16)22(27)25-19(15-17-9-3-4-11-20(17)29-2)23(28)26-21-12-5-6-13-24-21/h3-15H,1-2H3,(H,25,27)(H,24,26,28)/b19-15-. The lowest BCUT2D eigenvalue weighted by Gasteiger charge is -2.12. The number of amides is 2. The van der Waals surface area contributed by atoms with Crippen molar-refractivity contribution < 1.29 is 14.3 Å². The number of rotatable bonds is 6. The Hall–Kier alpha value is -3.93. The highest BCUT2D eigenvalue weighted by Gasteiger charge is 2.16. The molecule has 0 spiro atoms. The molecule has 3 rings (SSSR count). The molecule has 0 unspecified atom stereocenters. The number of hydrogen-bond donors (Lipinski definition) is 2. The number of ether oxygens (including phenoxy) is 1. The summed E-state index contributed by atoms with van der Waals surface area (Å²) in [7, 11) is 1.55. The van der Waals surface area contributed by atoms with Gasteiger partial charge in [0.1, 0.15) is 17.3 Å². The van der Waals surface area contributed by atoms with Crippen LogP contribution < -0.4 is 15.4 Å². The number of para-hydroxylation sites is 1. The minimum absolute atomic E-state index is 0.0756. The first kappa shape index (κ1) is 19.8. The lowest BCUT2D eigenvalue weighted by molar-refractivity contribution is -0.113. The third-order valence-corrected chi connectivity index (χ3v) is 4.12. The van der Waals surface area contributed by atoms with E-state index < -0.39 is 5.91 Å². The summed E-state index contributed by atoms with van der Waals surface area (Å²) in [5, 5.41) is 5.40. The van der Waals surface area contributed by atoms with E-state index in [1.165, 1.54) is 0 Å². The molecule has 0 saturated heterocycles. The van der Waals surface area contributed by atoms with Crippen LogP contribution in [-0.2, 0) is 4.79 Å². The maximum absolute atomic E-state index is 12.9. The quantitative estimate of drug-likeness (QED) is 0.631. The van der Waals surface area contributed by atoms with Gasteiger partial charge < -0.3 is 15.4 Å². The van der Waals surface area contributed by atoms with Crippen molar-refractivity contribution in [2.24, 2.45) is 0 Å². The first-order valence-electron chi connectivity index (χ1n) is 9.02. The molecule has 0 saturated carbocycles. The van der Waals surface area contributed by atoms with E-state index in [1.807, 2.05) is 25.1 Å². The summed E-state index contributed by atoms with van der Waals surface area (Å²) < 4.78 is 5.35. The molecule has 146 valence electrons. The maximum atomic E-state index is 12.9. The first-order valence-corrected chi connectivity index (χ1v) is 9.02. The largest absolute Gasteiger partial charge is 0.496 e. The molecule has 0 bridgehead atoms. The summed E-state index contributed by atoms with van der Waals surface area (Å²) in [6.45, 7) is 1.90. The zero-order valence-corrected chi connectivity index (χ0v) is 16.2.